The summed E-state index contributed by atoms with van der Waals surface area (Å²) in [6, 6.07) is 8.93. The number of ether oxygens (including phenoxy) is 1. The van der Waals surface area contributed by atoms with Crippen molar-refractivity contribution in [3.05, 3.63) is 30.3 Å². The highest BCUT2D eigenvalue weighted by Gasteiger charge is 2.42. The third-order valence-electron chi connectivity index (χ3n) is 4.81. The molecule has 1 aromatic rings. The molecule has 0 bridgehead atoms. The number of ketones is 1. The van der Waals surface area contributed by atoms with Crippen LogP contribution in [0.2, 0.25) is 0 Å². The Morgan fingerprint density at radius 1 is 1.33 bits per heavy atom. The third-order valence-corrected chi connectivity index (χ3v) is 6.45. The van der Waals surface area contributed by atoms with Gasteiger partial charge in [-0.1, -0.05) is 32.0 Å². The zero-order chi connectivity index (χ0) is 17.7. The summed E-state index contributed by atoms with van der Waals surface area (Å²) in [4.78, 5) is 25.5. The fraction of sp³-hybridized carbons (Fsp3) is 0.579. The van der Waals surface area contributed by atoms with E-state index in [1.165, 1.54) is 0 Å². The second-order valence-electron chi connectivity index (χ2n) is 6.95. The molecule has 0 N–H and O–H groups in total. The molecule has 0 spiro atoms. The molecule has 1 aliphatic rings. The smallest absolute Gasteiger partial charge is 0.322 e. The van der Waals surface area contributed by atoms with Crippen molar-refractivity contribution < 1.29 is 18.5 Å². The largest absolute Gasteiger partial charge is 0.465 e. The van der Waals surface area contributed by atoms with Crippen molar-refractivity contribution in [2.45, 2.75) is 56.6 Å². The first-order valence-electron chi connectivity index (χ1n) is 8.51. The standard InChI is InChI=1S/C19H26O4S/c1-4-23-18(21)17(24(22)14-9-6-5-7-10-14)13-15-16(20)11-8-12-19(15,2)3/h5-7,9-10,15,17H,4,8,11-13H2,1-3H3. The van der Waals surface area contributed by atoms with Gasteiger partial charge >= 0.3 is 5.97 Å². The average Bonchev–Trinajstić information content (AvgIpc) is 2.54. The second kappa shape index (κ2) is 8.06. The maximum Gasteiger partial charge on any atom is 0.322 e. The number of carbonyl (C=O) groups is 2. The van der Waals surface area contributed by atoms with Crippen LogP contribution in [0.15, 0.2) is 35.2 Å². The fourth-order valence-electron chi connectivity index (χ4n) is 3.39. The summed E-state index contributed by atoms with van der Waals surface area (Å²) in [5.74, 6) is -0.562. The van der Waals surface area contributed by atoms with Crippen molar-refractivity contribution in [2.75, 3.05) is 6.61 Å². The minimum atomic E-state index is -1.53. The molecule has 1 aliphatic carbocycles. The number of Topliss-reactive ketones (excluding diaryl/α,β-unsaturated/α-hetero) is 1. The van der Waals surface area contributed by atoms with E-state index in [0.29, 0.717) is 11.3 Å². The molecular weight excluding hydrogens is 324 g/mol. The Morgan fingerprint density at radius 3 is 2.58 bits per heavy atom. The molecule has 0 amide bonds. The van der Waals surface area contributed by atoms with Gasteiger partial charge in [0.1, 0.15) is 11.0 Å². The van der Waals surface area contributed by atoms with E-state index >= 15 is 0 Å². The molecule has 3 unspecified atom stereocenters. The van der Waals surface area contributed by atoms with Crippen LogP contribution in [0.5, 0.6) is 0 Å². The first kappa shape index (κ1) is 18.8. The van der Waals surface area contributed by atoms with E-state index < -0.39 is 22.0 Å². The molecule has 1 aromatic carbocycles. The van der Waals surface area contributed by atoms with Crippen LogP contribution in [0.1, 0.15) is 46.5 Å². The number of hydrogen-bond acceptors (Lipinski definition) is 4. The maximum atomic E-state index is 13.0. The summed E-state index contributed by atoms with van der Waals surface area (Å²) in [6.45, 7) is 6.09. The van der Waals surface area contributed by atoms with E-state index in [0.717, 1.165) is 12.8 Å². The normalized spacial score (nSPS) is 22.6. The molecule has 0 saturated heterocycles. The lowest BCUT2D eigenvalue weighted by atomic mass is 9.66. The van der Waals surface area contributed by atoms with E-state index in [9.17, 15) is 13.8 Å². The van der Waals surface area contributed by atoms with E-state index in [1.54, 1.807) is 31.2 Å². The molecule has 0 heterocycles. The summed E-state index contributed by atoms with van der Waals surface area (Å²) in [5.41, 5.74) is -0.180. The number of benzene rings is 1. The molecule has 4 nitrogen and oxygen atoms in total. The molecule has 1 saturated carbocycles. The van der Waals surface area contributed by atoms with Gasteiger partial charge in [-0.25, -0.2) is 0 Å². The molecule has 0 aliphatic heterocycles. The predicted molar refractivity (Wildman–Crippen MR) is 94.0 cm³/mol. The highest BCUT2D eigenvalue weighted by atomic mass is 32.2. The molecule has 132 valence electrons. The molecule has 1 fully saturated rings. The predicted octanol–water partition coefficient (Wildman–Crippen LogP) is 3.51. The van der Waals surface area contributed by atoms with Gasteiger partial charge in [0.05, 0.1) is 17.4 Å². The van der Waals surface area contributed by atoms with Crippen molar-refractivity contribution in [1.29, 1.82) is 0 Å². The minimum Gasteiger partial charge on any atom is -0.465 e. The maximum absolute atomic E-state index is 13.0. The Bertz CT molecular complexity index is 609. The Labute approximate surface area is 146 Å². The van der Waals surface area contributed by atoms with Crippen LogP contribution in [-0.4, -0.2) is 27.8 Å². The Hall–Kier alpha value is -1.49. The summed E-state index contributed by atoms with van der Waals surface area (Å²) >= 11 is 0. The lowest BCUT2D eigenvalue weighted by molar-refractivity contribution is -0.143. The van der Waals surface area contributed by atoms with Crippen molar-refractivity contribution in [2.24, 2.45) is 11.3 Å². The highest BCUT2D eigenvalue weighted by Crippen LogP contribution is 2.41. The van der Waals surface area contributed by atoms with Gasteiger partial charge in [0.2, 0.25) is 0 Å². The number of carbonyl (C=O) groups excluding carboxylic acids is 2. The van der Waals surface area contributed by atoms with Crippen molar-refractivity contribution in [1.82, 2.24) is 0 Å². The van der Waals surface area contributed by atoms with Crippen molar-refractivity contribution in [3.63, 3.8) is 0 Å². The quantitative estimate of drug-likeness (QED) is 0.737. The fourth-order valence-corrected chi connectivity index (χ4v) is 4.76. The zero-order valence-electron chi connectivity index (χ0n) is 14.6. The van der Waals surface area contributed by atoms with Gasteiger partial charge in [0.25, 0.3) is 0 Å². The Kier molecular flexibility index (Phi) is 6.33. The zero-order valence-corrected chi connectivity index (χ0v) is 15.4. The Balaban J connectivity index is 2.28. The van der Waals surface area contributed by atoms with Gasteiger partial charge < -0.3 is 4.74 Å². The van der Waals surface area contributed by atoms with Gasteiger partial charge in [0, 0.05) is 17.2 Å². The topological polar surface area (TPSA) is 60.4 Å². The van der Waals surface area contributed by atoms with E-state index in [4.69, 9.17) is 4.74 Å². The van der Waals surface area contributed by atoms with Crippen LogP contribution in [0.4, 0.5) is 0 Å². The molecule has 24 heavy (non-hydrogen) atoms. The van der Waals surface area contributed by atoms with Crippen LogP contribution >= 0.6 is 0 Å². The van der Waals surface area contributed by atoms with Crippen LogP contribution < -0.4 is 0 Å². The van der Waals surface area contributed by atoms with Crippen LogP contribution in [0.25, 0.3) is 0 Å². The molecule has 0 radical (unpaired) electrons. The van der Waals surface area contributed by atoms with E-state index in [-0.39, 0.29) is 30.1 Å². The lowest BCUT2D eigenvalue weighted by Crippen LogP contribution is -2.41. The van der Waals surface area contributed by atoms with Gasteiger partial charge in [-0.3, -0.25) is 13.8 Å². The lowest BCUT2D eigenvalue weighted by Gasteiger charge is -2.38. The van der Waals surface area contributed by atoms with E-state index in [2.05, 4.69) is 13.8 Å². The van der Waals surface area contributed by atoms with Crippen molar-refractivity contribution in [3.8, 4) is 0 Å². The summed E-state index contributed by atoms with van der Waals surface area (Å²) in [7, 11) is -1.53. The van der Waals surface area contributed by atoms with E-state index in [1.807, 2.05) is 6.07 Å². The Morgan fingerprint density at radius 2 is 2.00 bits per heavy atom. The average molecular weight is 350 g/mol. The first-order valence-corrected chi connectivity index (χ1v) is 9.73. The molecule has 3 atom stereocenters. The second-order valence-corrected chi connectivity index (χ2v) is 8.58. The molecule has 2 rings (SSSR count). The molecule has 0 aromatic heterocycles. The minimum absolute atomic E-state index is 0.172. The van der Waals surface area contributed by atoms with Gasteiger partial charge in [-0.2, -0.15) is 0 Å². The summed E-state index contributed by atoms with van der Waals surface area (Å²) < 4.78 is 18.1. The summed E-state index contributed by atoms with van der Waals surface area (Å²) in [6.07, 6.45) is 2.65. The molecule has 5 heteroatoms. The van der Waals surface area contributed by atoms with Gasteiger partial charge in [0.15, 0.2) is 0 Å². The van der Waals surface area contributed by atoms with Gasteiger partial charge in [-0.05, 0) is 43.7 Å². The number of rotatable bonds is 6. The number of hydrogen-bond donors (Lipinski definition) is 0. The molecular formula is C19H26O4S. The third kappa shape index (κ3) is 4.32. The monoisotopic (exact) mass is 350 g/mol. The van der Waals surface area contributed by atoms with Crippen LogP contribution in [-0.2, 0) is 25.1 Å². The first-order chi connectivity index (χ1) is 11.4. The van der Waals surface area contributed by atoms with Crippen molar-refractivity contribution >= 4 is 22.6 Å². The highest BCUT2D eigenvalue weighted by molar-refractivity contribution is 7.86. The van der Waals surface area contributed by atoms with Crippen LogP contribution in [0, 0.1) is 11.3 Å². The van der Waals surface area contributed by atoms with Gasteiger partial charge in [-0.15, -0.1) is 0 Å². The SMILES string of the molecule is CCOC(=O)C(CC1C(=O)CCCC1(C)C)S(=O)c1ccccc1. The number of esters is 1. The van der Waals surface area contributed by atoms with Crippen LogP contribution in [0.3, 0.4) is 0 Å². The summed E-state index contributed by atoms with van der Waals surface area (Å²) in [5, 5.41) is -0.807.